The van der Waals surface area contributed by atoms with Gasteiger partial charge < -0.3 is 14.6 Å². The van der Waals surface area contributed by atoms with Crippen molar-refractivity contribution >= 4 is 11.9 Å². The fraction of sp³-hybridized carbons (Fsp3) is 0.188. The number of carbonyl (C=O) groups excluding carboxylic acids is 1. The highest BCUT2D eigenvalue weighted by atomic mass is 19.1. The molecule has 0 aliphatic carbocycles. The van der Waals surface area contributed by atoms with Crippen LogP contribution in [0.3, 0.4) is 0 Å². The number of hydrogen-bond acceptors (Lipinski definition) is 4. The van der Waals surface area contributed by atoms with E-state index >= 15 is 0 Å². The van der Waals surface area contributed by atoms with E-state index in [2.05, 4.69) is 6.58 Å². The molecule has 0 radical (unpaired) electrons. The monoisotopic (exact) mass is 292 g/mol. The van der Waals surface area contributed by atoms with E-state index in [9.17, 15) is 14.3 Å². The van der Waals surface area contributed by atoms with Crippen molar-refractivity contribution in [1.29, 1.82) is 0 Å². The number of benzene rings is 1. The minimum absolute atomic E-state index is 0.0488. The molecule has 5 heteroatoms. The molecule has 0 saturated heterocycles. The van der Waals surface area contributed by atoms with Crippen LogP contribution in [0.25, 0.3) is 5.57 Å². The molecular weight excluding hydrogens is 275 g/mol. The Labute approximate surface area is 122 Å². The first-order chi connectivity index (χ1) is 9.96. The molecule has 4 nitrogen and oxygen atoms in total. The summed E-state index contributed by atoms with van der Waals surface area (Å²) < 4.78 is 23.8. The van der Waals surface area contributed by atoms with Crippen molar-refractivity contribution in [2.45, 2.75) is 6.92 Å². The van der Waals surface area contributed by atoms with Crippen LogP contribution in [0.1, 0.15) is 12.5 Å². The van der Waals surface area contributed by atoms with E-state index in [1.807, 2.05) is 0 Å². The van der Waals surface area contributed by atoms with Crippen LogP contribution in [0.2, 0.25) is 0 Å². The lowest BCUT2D eigenvalue weighted by Crippen LogP contribution is -1.98. The van der Waals surface area contributed by atoms with Crippen LogP contribution in [0.5, 0.6) is 5.75 Å². The quantitative estimate of drug-likeness (QED) is 0.378. The number of aliphatic hydroxyl groups excluding tert-OH is 1. The summed E-state index contributed by atoms with van der Waals surface area (Å²) in [5, 5.41) is 9.80. The van der Waals surface area contributed by atoms with Crippen LogP contribution in [-0.2, 0) is 9.53 Å². The number of halogens is 1. The average molecular weight is 292 g/mol. The van der Waals surface area contributed by atoms with Gasteiger partial charge in [0.1, 0.15) is 0 Å². The van der Waals surface area contributed by atoms with Gasteiger partial charge in [0, 0.05) is 5.56 Å². The van der Waals surface area contributed by atoms with E-state index in [-0.39, 0.29) is 22.6 Å². The molecule has 0 aliphatic heterocycles. The van der Waals surface area contributed by atoms with Gasteiger partial charge in [-0.05, 0) is 24.6 Å². The number of aldehydes is 1. The molecule has 0 bridgehead atoms. The van der Waals surface area contributed by atoms with Crippen LogP contribution in [0.15, 0.2) is 47.9 Å². The predicted molar refractivity (Wildman–Crippen MR) is 78.5 cm³/mol. The number of rotatable bonds is 6. The molecule has 1 rings (SSSR count). The third kappa shape index (κ3) is 3.72. The van der Waals surface area contributed by atoms with Gasteiger partial charge in [-0.25, -0.2) is 4.39 Å². The van der Waals surface area contributed by atoms with E-state index in [0.717, 1.165) is 0 Å². The first-order valence-corrected chi connectivity index (χ1v) is 6.09. The van der Waals surface area contributed by atoms with Crippen LogP contribution in [-0.4, -0.2) is 25.6 Å². The predicted octanol–water partition coefficient (Wildman–Crippen LogP) is 3.41. The average Bonchev–Trinajstić information content (AvgIpc) is 2.50. The second kappa shape index (κ2) is 7.28. The Morgan fingerprint density at radius 3 is 2.57 bits per heavy atom. The van der Waals surface area contributed by atoms with Crippen molar-refractivity contribution in [3.05, 3.63) is 59.3 Å². The van der Waals surface area contributed by atoms with Crippen molar-refractivity contribution in [3.8, 4) is 5.75 Å². The summed E-state index contributed by atoms with van der Waals surface area (Å²) in [5.41, 5.74) is 0.662. The smallest absolute Gasteiger partial charge is 0.172 e. The maximum Gasteiger partial charge on any atom is 0.172 e. The number of allylic oxidation sites excluding steroid dienone is 3. The molecule has 1 aromatic carbocycles. The van der Waals surface area contributed by atoms with Gasteiger partial charge in [0.2, 0.25) is 0 Å². The summed E-state index contributed by atoms with van der Waals surface area (Å²) in [5.74, 6) is -0.881. The van der Waals surface area contributed by atoms with Crippen molar-refractivity contribution in [2.24, 2.45) is 0 Å². The molecule has 21 heavy (non-hydrogen) atoms. The van der Waals surface area contributed by atoms with E-state index in [1.54, 1.807) is 19.1 Å². The van der Waals surface area contributed by atoms with Crippen LogP contribution >= 0.6 is 0 Å². The molecule has 0 aliphatic rings. The van der Waals surface area contributed by atoms with E-state index < -0.39 is 11.6 Å². The van der Waals surface area contributed by atoms with Gasteiger partial charge in [-0.15, -0.1) is 0 Å². The van der Waals surface area contributed by atoms with Gasteiger partial charge in [0.25, 0.3) is 0 Å². The molecule has 0 heterocycles. The Hall–Kier alpha value is -2.56. The first kappa shape index (κ1) is 16.5. The van der Waals surface area contributed by atoms with Gasteiger partial charge in [-0.2, -0.15) is 0 Å². The summed E-state index contributed by atoms with van der Waals surface area (Å²) in [6, 6.07) is 4.67. The van der Waals surface area contributed by atoms with Gasteiger partial charge in [0.05, 0.1) is 19.8 Å². The standard InChI is InChI=1S/C16H17FO4/c1-10(8-12(9-18)16(19)11(2)20-3)13-6-5-7-14(21-4)15(13)17/h5-9,19H,2H2,1,3-4H3/b10-8+,16-12-. The molecule has 1 aromatic rings. The zero-order valence-corrected chi connectivity index (χ0v) is 12.1. The Morgan fingerprint density at radius 2 is 2.05 bits per heavy atom. The highest BCUT2D eigenvalue weighted by Crippen LogP contribution is 2.26. The molecule has 1 N–H and O–H groups in total. The fourth-order valence-corrected chi connectivity index (χ4v) is 1.70. The molecule has 0 fully saturated rings. The van der Waals surface area contributed by atoms with Gasteiger partial charge in [-0.3, -0.25) is 4.79 Å². The molecule has 0 saturated carbocycles. The molecular formula is C16H17FO4. The minimum atomic E-state index is -0.538. The van der Waals surface area contributed by atoms with E-state index in [4.69, 9.17) is 9.47 Å². The highest BCUT2D eigenvalue weighted by Gasteiger charge is 2.12. The van der Waals surface area contributed by atoms with Crippen LogP contribution in [0.4, 0.5) is 4.39 Å². The molecule has 0 atom stereocenters. The maximum atomic E-state index is 14.1. The third-order valence-electron chi connectivity index (χ3n) is 2.89. The number of hydrogen-bond donors (Lipinski definition) is 1. The summed E-state index contributed by atoms with van der Waals surface area (Å²) in [6.45, 7) is 5.07. The maximum absolute atomic E-state index is 14.1. The second-order valence-corrected chi connectivity index (χ2v) is 4.20. The summed E-state index contributed by atoms with van der Waals surface area (Å²) >= 11 is 0. The number of carbonyl (C=O) groups is 1. The summed E-state index contributed by atoms with van der Waals surface area (Å²) in [7, 11) is 2.69. The topological polar surface area (TPSA) is 55.8 Å². The lowest BCUT2D eigenvalue weighted by molar-refractivity contribution is -0.104. The van der Waals surface area contributed by atoms with Crippen molar-refractivity contribution in [3.63, 3.8) is 0 Å². The number of aliphatic hydroxyl groups is 1. The molecule has 0 unspecified atom stereocenters. The van der Waals surface area contributed by atoms with Gasteiger partial charge >= 0.3 is 0 Å². The highest BCUT2D eigenvalue weighted by molar-refractivity contribution is 5.84. The molecule has 0 spiro atoms. The zero-order valence-electron chi connectivity index (χ0n) is 12.1. The third-order valence-corrected chi connectivity index (χ3v) is 2.89. The number of ether oxygens (including phenoxy) is 2. The Kier molecular flexibility index (Phi) is 5.72. The van der Waals surface area contributed by atoms with Gasteiger partial charge in [-0.1, -0.05) is 18.7 Å². The lowest BCUT2D eigenvalue weighted by atomic mass is 10.0. The molecule has 112 valence electrons. The second-order valence-electron chi connectivity index (χ2n) is 4.20. The van der Waals surface area contributed by atoms with Crippen molar-refractivity contribution in [1.82, 2.24) is 0 Å². The minimum Gasteiger partial charge on any atom is -0.504 e. The van der Waals surface area contributed by atoms with Crippen LogP contribution < -0.4 is 4.74 Å². The Bertz CT molecular complexity index is 615. The SMILES string of the molecule is C=C(OC)/C(O)=C(C=O)\C=C(/C)c1cccc(OC)c1F. The van der Waals surface area contributed by atoms with E-state index in [1.165, 1.54) is 26.4 Å². The number of methoxy groups -OCH3 is 2. The summed E-state index contributed by atoms with van der Waals surface area (Å²) in [6.07, 6.45) is 1.80. The Morgan fingerprint density at radius 1 is 1.38 bits per heavy atom. The lowest BCUT2D eigenvalue weighted by Gasteiger charge is -2.09. The molecule has 0 aromatic heterocycles. The Balaban J connectivity index is 3.32. The first-order valence-electron chi connectivity index (χ1n) is 6.09. The van der Waals surface area contributed by atoms with Gasteiger partial charge in [0.15, 0.2) is 29.4 Å². The normalized spacial score (nSPS) is 12.5. The van der Waals surface area contributed by atoms with E-state index in [0.29, 0.717) is 11.9 Å². The van der Waals surface area contributed by atoms with Crippen LogP contribution in [0, 0.1) is 5.82 Å². The molecule has 0 amide bonds. The largest absolute Gasteiger partial charge is 0.504 e. The zero-order chi connectivity index (χ0) is 16.0. The summed E-state index contributed by atoms with van der Waals surface area (Å²) in [4.78, 5) is 11.1. The van der Waals surface area contributed by atoms with Crippen molar-refractivity contribution in [2.75, 3.05) is 14.2 Å². The van der Waals surface area contributed by atoms with Crippen molar-refractivity contribution < 1.29 is 23.8 Å². The fourth-order valence-electron chi connectivity index (χ4n) is 1.70.